The Hall–Kier alpha value is -0.220. The lowest BCUT2D eigenvalue weighted by atomic mass is 10.3. The summed E-state index contributed by atoms with van der Waals surface area (Å²) < 4.78 is 4.49. The summed E-state index contributed by atoms with van der Waals surface area (Å²) in [6, 6.07) is 0. The lowest BCUT2D eigenvalue weighted by Gasteiger charge is -2.00. The van der Waals surface area contributed by atoms with Crippen molar-refractivity contribution in [1.29, 1.82) is 0 Å². The van der Waals surface area contributed by atoms with Crippen molar-refractivity contribution < 1.29 is 9.53 Å². The fourth-order valence-electron chi connectivity index (χ4n) is 0.743. The van der Waals surface area contributed by atoms with Gasteiger partial charge in [-0.3, -0.25) is 0 Å². The van der Waals surface area contributed by atoms with Crippen LogP contribution in [-0.4, -0.2) is 31.3 Å². The van der Waals surface area contributed by atoms with Gasteiger partial charge in [0.25, 0.3) is 0 Å². The number of hydrogen-bond donors (Lipinski definition) is 1. The first-order chi connectivity index (χ1) is 5.81. The fraction of sp³-hybridized carbons (Fsp3) is 0.875. The van der Waals surface area contributed by atoms with Gasteiger partial charge in [0.05, 0.1) is 7.11 Å². The number of carbonyl (C=O) groups excluding carboxylic acids is 1. The van der Waals surface area contributed by atoms with E-state index in [4.69, 9.17) is 0 Å². The summed E-state index contributed by atoms with van der Waals surface area (Å²) in [5, 5.41) is 3.04. The average Bonchev–Trinajstić information content (AvgIpc) is 2.10. The van der Waals surface area contributed by atoms with Gasteiger partial charge in [-0.1, -0.05) is 6.92 Å². The van der Waals surface area contributed by atoms with Crippen molar-refractivity contribution in [1.82, 2.24) is 5.32 Å². The van der Waals surface area contributed by atoms with E-state index in [2.05, 4.69) is 17.0 Å². The first kappa shape index (κ1) is 11.8. The van der Waals surface area contributed by atoms with Gasteiger partial charge in [-0.2, -0.15) is 0 Å². The highest BCUT2D eigenvalue weighted by atomic mass is 32.2. The van der Waals surface area contributed by atoms with E-state index < -0.39 is 0 Å². The third-order valence-electron chi connectivity index (χ3n) is 1.38. The van der Waals surface area contributed by atoms with Crippen molar-refractivity contribution in [2.24, 2.45) is 0 Å². The fourth-order valence-corrected chi connectivity index (χ4v) is 1.38. The molecule has 0 saturated carbocycles. The van der Waals surface area contributed by atoms with Gasteiger partial charge < -0.3 is 10.1 Å². The second-order valence-corrected chi connectivity index (χ2v) is 3.39. The normalized spacial score (nSPS) is 9.83. The van der Waals surface area contributed by atoms with Crippen LogP contribution in [0.15, 0.2) is 0 Å². The Kier molecular flexibility index (Phi) is 8.71. The summed E-state index contributed by atoms with van der Waals surface area (Å²) in [5.41, 5.74) is 0. The molecule has 0 heterocycles. The zero-order valence-electron chi connectivity index (χ0n) is 7.76. The van der Waals surface area contributed by atoms with Crippen LogP contribution in [0.1, 0.15) is 19.8 Å². The summed E-state index contributed by atoms with van der Waals surface area (Å²) in [4.78, 5) is 10.6. The molecule has 0 rings (SSSR count). The molecule has 3 nitrogen and oxygen atoms in total. The third kappa shape index (κ3) is 7.88. The van der Waals surface area contributed by atoms with E-state index >= 15 is 0 Å². The van der Waals surface area contributed by atoms with E-state index in [1.54, 1.807) is 0 Å². The second-order valence-electron chi connectivity index (χ2n) is 2.36. The van der Waals surface area contributed by atoms with Gasteiger partial charge >= 0.3 is 5.30 Å². The molecule has 0 aliphatic heterocycles. The number of rotatable bonds is 6. The van der Waals surface area contributed by atoms with Gasteiger partial charge in [0.1, 0.15) is 0 Å². The van der Waals surface area contributed by atoms with Crippen molar-refractivity contribution in [2.75, 3.05) is 26.0 Å². The Morgan fingerprint density at radius 1 is 1.50 bits per heavy atom. The van der Waals surface area contributed by atoms with Gasteiger partial charge in [0, 0.05) is 5.75 Å². The van der Waals surface area contributed by atoms with E-state index in [1.807, 2.05) is 0 Å². The topological polar surface area (TPSA) is 38.3 Å². The standard InChI is InChI=1S/C8H17NO2S/c1-3-9-6-4-5-7-12-8(10)11-2/h9H,3-7H2,1-2H3. The summed E-state index contributed by atoms with van der Waals surface area (Å²) in [5.74, 6) is 0.859. The Bertz CT molecular complexity index is 120. The minimum Gasteiger partial charge on any atom is -0.461 e. The highest BCUT2D eigenvalue weighted by Crippen LogP contribution is 2.06. The average molecular weight is 191 g/mol. The van der Waals surface area contributed by atoms with Crippen LogP contribution in [0.4, 0.5) is 4.79 Å². The number of unbranched alkanes of at least 4 members (excludes halogenated alkanes) is 1. The van der Waals surface area contributed by atoms with Crippen LogP contribution >= 0.6 is 11.8 Å². The Balaban J connectivity index is 2.95. The van der Waals surface area contributed by atoms with Gasteiger partial charge in [-0.05, 0) is 37.7 Å². The molecule has 0 saturated heterocycles. The van der Waals surface area contributed by atoms with Crippen molar-refractivity contribution >= 4 is 17.1 Å². The Morgan fingerprint density at radius 2 is 2.25 bits per heavy atom. The van der Waals surface area contributed by atoms with E-state index in [0.29, 0.717) is 0 Å². The number of ether oxygens (including phenoxy) is 1. The maximum Gasteiger partial charge on any atom is 0.367 e. The minimum atomic E-state index is -0.182. The van der Waals surface area contributed by atoms with Crippen LogP contribution in [0, 0.1) is 0 Å². The molecule has 0 aromatic rings. The van der Waals surface area contributed by atoms with Gasteiger partial charge in [0.15, 0.2) is 0 Å². The molecule has 0 spiro atoms. The molecule has 1 N–H and O–H groups in total. The maximum absolute atomic E-state index is 10.6. The van der Waals surface area contributed by atoms with E-state index in [0.717, 1.165) is 31.7 Å². The SMILES string of the molecule is CCNCCCCSC(=O)OC. The highest BCUT2D eigenvalue weighted by Gasteiger charge is 1.98. The van der Waals surface area contributed by atoms with Gasteiger partial charge in [0.2, 0.25) is 0 Å². The molecule has 0 atom stereocenters. The number of hydrogen-bond acceptors (Lipinski definition) is 4. The molecular formula is C8H17NO2S. The predicted molar refractivity (Wildman–Crippen MR) is 52.6 cm³/mol. The van der Waals surface area contributed by atoms with Crippen LogP contribution in [-0.2, 0) is 4.74 Å². The lowest BCUT2D eigenvalue weighted by molar-refractivity contribution is 0.200. The molecule has 0 fully saturated rings. The molecule has 12 heavy (non-hydrogen) atoms. The second kappa shape index (κ2) is 8.87. The van der Waals surface area contributed by atoms with Crippen LogP contribution in [0.3, 0.4) is 0 Å². The molecule has 0 aliphatic rings. The highest BCUT2D eigenvalue weighted by molar-refractivity contribution is 8.13. The molecule has 0 amide bonds. The van der Waals surface area contributed by atoms with Crippen molar-refractivity contribution in [3.8, 4) is 0 Å². The van der Waals surface area contributed by atoms with Crippen LogP contribution in [0.2, 0.25) is 0 Å². The predicted octanol–water partition coefficient (Wildman–Crippen LogP) is 1.88. The number of nitrogens with one attached hydrogen (secondary N) is 1. The summed E-state index contributed by atoms with van der Waals surface area (Å²) in [6.45, 7) is 4.14. The third-order valence-corrected chi connectivity index (χ3v) is 2.28. The molecular weight excluding hydrogens is 174 g/mol. The smallest absolute Gasteiger partial charge is 0.367 e. The Morgan fingerprint density at radius 3 is 2.83 bits per heavy atom. The number of carbonyl (C=O) groups is 1. The van der Waals surface area contributed by atoms with Crippen LogP contribution in [0.25, 0.3) is 0 Å². The zero-order valence-corrected chi connectivity index (χ0v) is 8.58. The number of methoxy groups -OCH3 is 1. The van der Waals surface area contributed by atoms with Crippen LogP contribution < -0.4 is 5.32 Å². The largest absolute Gasteiger partial charge is 0.461 e. The summed E-state index contributed by atoms with van der Waals surface area (Å²) in [6.07, 6.45) is 2.19. The number of thioether (sulfide) groups is 1. The van der Waals surface area contributed by atoms with E-state index in [1.165, 1.54) is 18.9 Å². The monoisotopic (exact) mass is 191 g/mol. The van der Waals surface area contributed by atoms with Crippen LogP contribution in [0.5, 0.6) is 0 Å². The molecule has 0 aromatic carbocycles. The maximum atomic E-state index is 10.6. The van der Waals surface area contributed by atoms with E-state index in [-0.39, 0.29) is 5.30 Å². The zero-order chi connectivity index (χ0) is 9.23. The Labute approximate surface area is 78.2 Å². The van der Waals surface area contributed by atoms with Crippen molar-refractivity contribution in [2.45, 2.75) is 19.8 Å². The van der Waals surface area contributed by atoms with Gasteiger partial charge in [-0.25, -0.2) is 4.79 Å². The van der Waals surface area contributed by atoms with E-state index in [9.17, 15) is 4.79 Å². The lowest BCUT2D eigenvalue weighted by Crippen LogP contribution is -2.14. The van der Waals surface area contributed by atoms with Crippen molar-refractivity contribution in [3.63, 3.8) is 0 Å². The molecule has 0 bridgehead atoms. The molecule has 0 radical (unpaired) electrons. The summed E-state index contributed by atoms with van der Waals surface area (Å²) in [7, 11) is 1.41. The molecule has 0 aromatic heterocycles. The van der Waals surface area contributed by atoms with Crippen molar-refractivity contribution in [3.05, 3.63) is 0 Å². The molecule has 72 valence electrons. The molecule has 0 unspecified atom stereocenters. The first-order valence-electron chi connectivity index (χ1n) is 4.22. The quantitative estimate of drug-likeness (QED) is 0.514. The molecule has 0 aliphatic carbocycles. The summed E-state index contributed by atoms with van der Waals surface area (Å²) >= 11 is 1.25. The van der Waals surface area contributed by atoms with Gasteiger partial charge in [-0.15, -0.1) is 0 Å². The minimum absolute atomic E-state index is 0.182. The first-order valence-corrected chi connectivity index (χ1v) is 5.21. The molecule has 4 heteroatoms.